The summed E-state index contributed by atoms with van der Waals surface area (Å²) in [4.78, 5) is 20.9. The van der Waals surface area contributed by atoms with Gasteiger partial charge in [-0.15, -0.1) is 0 Å². The van der Waals surface area contributed by atoms with Crippen molar-refractivity contribution in [2.24, 2.45) is 11.7 Å². The highest BCUT2D eigenvalue weighted by atomic mass is 32.2. The summed E-state index contributed by atoms with van der Waals surface area (Å²) in [7, 11) is -1.95. The lowest BCUT2D eigenvalue weighted by molar-refractivity contribution is 0.0321. The van der Waals surface area contributed by atoms with E-state index >= 15 is 0 Å². The number of methoxy groups -OCH3 is 1. The number of rotatable bonds is 13. The van der Waals surface area contributed by atoms with E-state index in [1.807, 2.05) is 76.0 Å². The molecule has 1 saturated heterocycles. The summed E-state index contributed by atoms with van der Waals surface area (Å²) in [6.07, 6.45) is 2.06. The second kappa shape index (κ2) is 14.3. The topological polar surface area (TPSA) is 129 Å². The number of sulfonamides is 1. The first-order valence-electron chi connectivity index (χ1n) is 15.4. The number of carbonyl (C=O) groups excluding carboxylic acids is 1. The highest BCUT2D eigenvalue weighted by molar-refractivity contribution is 7.91. The lowest BCUT2D eigenvalue weighted by atomic mass is 9.99. The molecule has 3 N–H and O–H groups in total. The number of pyridine rings is 1. The number of nitrogens with one attached hydrogen (secondary N) is 1. The van der Waals surface area contributed by atoms with E-state index in [1.54, 1.807) is 7.11 Å². The van der Waals surface area contributed by atoms with E-state index in [-0.39, 0.29) is 24.8 Å². The number of hydrogen-bond acceptors (Lipinski definition) is 9. The standard InChI is InChI=1S/C34H39N5O5S2/c1-43-13-12-38-11-4-5-24(19-38)21-44-34(40)32-17-27-8-9-29(18-35)36-33(27)39(32)20-28-16-30(15-26-6-2-3-7-31(26)28)37-46(41,42)23-25-10-14-45-22-25/h2-3,6-10,14-17,22,24,37H,4-5,11-13,18-21,23,35H2,1H3/t24-/m0/s1. The van der Waals surface area contributed by atoms with Crippen LogP contribution < -0.4 is 10.5 Å². The molecule has 6 rings (SSSR count). The number of aromatic nitrogens is 2. The van der Waals surface area contributed by atoms with Crippen molar-refractivity contribution in [2.45, 2.75) is 31.7 Å². The minimum atomic E-state index is -3.66. The van der Waals surface area contributed by atoms with Crippen LogP contribution in [0.4, 0.5) is 5.69 Å². The zero-order valence-corrected chi connectivity index (χ0v) is 27.5. The summed E-state index contributed by atoms with van der Waals surface area (Å²) in [6.45, 7) is 4.28. The lowest BCUT2D eigenvalue weighted by Crippen LogP contribution is -2.39. The van der Waals surface area contributed by atoms with Gasteiger partial charge in [-0.2, -0.15) is 11.3 Å². The van der Waals surface area contributed by atoms with Crippen LogP contribution in [0.25, 0.3) is 21.8 Å². The van der Waals surface area contributed by atoms with E-state index in [1.165, 1.54) is 11.3 Å². The van der Waals surface area contributed by atoms with Crippen LogP contribution in [0.2, 0.25) is 0 Å². The minimum absolute atomic E-state index is 0.117. The van der Waals surface area contributed by atoms with Crippen molar-refractivity contribution >= 4 is 54.8 Å². The molecule has 1 aliphatic heterocycles. The summed E-state index contributed by atoms with van der Waals surface area (Å²) in [5, 5.41) is 6.30. The molecule has 0 radical (unpaired) electrons. The average Bonchev–Trinajstić information content (AvgIpc) is 3.69. The third-order valence-electron chi connectivity index (χ3n) is 8.37. The Labute approximate surface area is 273 Å². The van der Waals surface area contributed by atoms with Gasteiger partial charge in [-0.1, -0.05) is 24.3 Å². The smallest absolute Gasteiger partial charge is 0.355 e. The van der Waals surface area contributed by atoms with Gasteiger partial charge in [0.25, 0.3) is 0 Å². The van der Waals surface area contributed by atoms with E-state index in [0.717, 1.165) is 59.8 Å². The number of likely N-dealkylation sites (tertiary alicyclic amines) is 1. The molecule has 10 nitrogen and oxygen atoms in total. The number of ether oxygens (including phenoxy) is 2. The number of esters is 1. The lowest BCUT2D eigenvalue weighted by Gasteiger charge is -2.32. The van der Waals surface area contributed by atoms with Crippen LogP contribution in [0.3, 0.4) is 0 Å². The molecule has 3 aromatic heterocycles. The van der Waals surface area contributed by atoms with Gasteiger partial charge in [0.05, 0.1) is 31.2 Å². The normalized spacial score (nSPS) is 15.8. The number of fused-ring (bicyclic) bond motifs is 2. The molecule has 4 heterocycles. The van der Waals surface area contributed by atoms with Crippen LogP contribution >= 0.6 is 11.3 Å². The minimum Gasteiger partial charge on any atom is -0.461 e. The zero-order valence-electron chi connectivity index (χ0n) is 25.9. The van der Waals surface area contributed by atoms with Crippen molar-refractivity contribution in [3.8, 4) is 0 Å². The van der Waals surface area contributed by atoms with Gasteiger partial charge < -0.3 is 24.7 Å². The van der Waals surface area contributed by atoms with Crippen LogP contribution in [0.15, 0.2) is 71.4 Å². The Morgan fingerprint density at radius 2 is 2.00 bits per heavy atom. The SMILES string of the molecule is COCCN1CCC[C@H](COC(=O)c2cc3ccc(CN)nc3n2Cc2cc(NS(=O)(=O)Cc3ccsc3)cc3ccccc23)C1. The molecule has 2 aromatic carbocycles. The third kappa shape index (κ3) is 7.59. The Morgan fingerprint density at radius 1 is 1.13 bits per heavy atom. The Balaban J connectivity index is 1.31. The molecule has 0 unspecified atom stereocenters. The van der Waals surface area contributed by atoms with E-state index in [0.29, 0.717) is 35.9 Å². The average molecular weight is 662 g/mol. The van der Waals surface area contributed by atoms with Gasteiger partial charge in [-0.25, -0.2) is 18.2 Å². The first kappa shape index (κ1) is 32.1. The largest absolute Gasteiger partial charge is 0.461 e. The van der Waals surface area contributed by atoms with Crippen molar-refractivity contribution in [3.63, 3.8) is 0 Å². The molecule has 12 heteroatoms. The third-order valence-corrected chi connectivity index (χ3v) is 10.4. The summed E-state index contributed by atoms with van der Waals surface area (Å²) in [6, 6.07) is 18.9. The van der Waals surface area contributed by atoms with E-state index in [2.05, 4.69) is 9.62 Å². The van der Waals surface area contributed by atoms with Crippen molar-refractivity contribution in [1.82, 2.24) is 14.5 Å². The van der Waals surface area contributed by atoms with Gasteiger partial charge in [0, 0.05) is 43.7 Å². The Hall–Kier alpha value is -3.81. The van der Waals surface area contributed by atoms with Gasteiger partial charge in [-0.05, 0) is 88.4 Å². The summed E-state index contributed by atoms with van der Waals surface area (Å²) in [5.74, 6) is -0.288. The van der Waals surface area contributed by atoms with Crippen LogP contribution in [0.5, 0.6) is 0 Å². The summed E-state index contributed by atoms with van der Waals surface area (Å²) >= 11 is 1.46. The number of hydrogen-bond donors (Lipinski definition) is 2. The number of thiophene rings is 1. The molecule has 0 bridgehead atoms. The molecule has 0 saturated carbocycles. The predicted molar refractivity (Wildman–Crippen MR) is 183 cm³/mol. The molecule has 46 heavy (non-hydrogen) atoms. The van der Waals surface area contributed by atoms with Crippen molar-refractivity contribution in [3.05, 3.63) is 93.9 Å². The number of nitrogens with zero attached hydrogens (tertiary/aromatic N) is 3. The molecule has 242 valence electrons. The molecular weight excluding hydrogens is 623 g/mol. The van der Waals surface area contributed by atoms with Gasteiger partial charge in [0.2, 0.25) is 10.0 Å². The Kier molecular flexibility index (Phi) is 10.00. The number of anilines is 1. The van der Waals surface area contributed by atoms with Gasteiger partial charge in [0.15, 0.2) is 0 Å². The second-order valence-corrected chi connectivity index (χ2v) is 14.3. The molecule has 5 aromatic rings. The summed E-state index contributed by atoms with van der Waals surface area (Å²) in [5.41, 5.74) is 9.67. The highest BCUT2D eigenvalue weighted by Crippen LogP contribution is 2.29. The highest BCUT2D eigenvalue weighted by Gasteiger charge is 2.24. The molecular formula is C34H39N5O5S2. The molecule has 1 fully saturated rings. The number of benzene rings is 2. The van der Waals surface area contributed by atoms with Gasteiger partial charge in [-0.3, -0.25) is 4.72 Å². The number of carbonyl (C=O) groups is 1. The fourth-order valence-electron chi connectivity index (χ4n) is 6.15. The van der Waals surface area contributed by atoms with Crippen LogP contribution in [-0.4, -0.2) is 68.8 Å². The maximum Gasteiger partial charge on any atom is 0.355 e. The van der Waals surface area contributed by atoms with E-state index < -0.39 is 16.0 Å². The monoisotopic (exact) mass is 661 g/mol. The van der Waals surface area contributed by atoms with Crippen LogP contribution in [-0.2, 0) is 38.3 Å². The first-order valence-corrected chi connectivity index (χ1v) is 18.0. The van der Waals surface area contributed by atoms with Crippen molar-refractivity contribution in [2.75, 3.05) is 44.7 Å². The maximum atomic E-state index is 13.7. The first-order chi connectivity index (χ1) is 22.3. The predicted octanol–water partition coefficient (Wildman–Crippen LogP) is 5.22. The second-order valence-electron chi connectivity index (χ2n) is 11.8. The fourth-order valence-corrected chi connectivity index (χ4v) is 8.09. The number of piperidine rings is 1. The Bertz CT molecular complexity index is 1920. The quantitative estimate of drug-likeness (QED) is 0.165. The van der Waals surface area contributed by atoms with Crippen molar-refractivity contribution < 1.29 is 22.7 Å². The van der Waals surface area contributed by atoms with E-state index in [9.17, 15) is 13.2 Å². The van der Waals surface area contributed by atoms with E-state index in [4.69, 9.17) is 20.2 Å². The molecule has 0 spiro atoms. The van der Waals surface area contributed by atoms with Crippen LogP contribution in [0.1, 0.15) is 40.2 Å². The summed E-state index contributed by atoms with van der Waals surface area (Å²) < 4.78 is 42.0. The maximum absolute atomic E-state index is 13.7. The van der Waals surface area contributed by atoms with Crippen molar-refractivity contribution in [1.29, 1.82) is 0 Å². The van der Waals surface area contributed by atoms with Gasteiger partial charge >= 0.3 is 5.97 Å². The molecule has 0 aliphatic carbocycles. The van der Waals surface area contributed by atoms with Crippen LogP contribution in [0, 0.1) is 5.92 Å². The molecule has 1 aliphatic rings. The van der Waals surface area contributed by atoms with Gasteiger partial charge in [0.1, 0.15) is 11.3 Å². The molecule has 0 amide bonds. The zero-order chi connectivity index (χ0) is 32.1. The fraction of sp³-hybridized carbons (Fsp3) is 0.353. The molecule has 1 atom stereocenters. The Morgan fingerprint density at radius 3 is 2.80 bits per heavy atom. The number of nitrogens with two attached hydrogens (primary N) is 1.